The van der Waals surface area contributed by atoms with E-state index >= 15 is 0 Å². The van der Waals surface area contributed by atoms with Crippen molar-refractivity contribution in [2.75, 3.05) is 24.3 Å². The van der Waals surface area contributed by atoms with Crippen LogP contribution in [0.1, 0.15) is 19.8 Å². The lowest BCUT2D eigenvalue weighted by Gasteiger charge is -2.15. The molecule has 1 N–H and O–H groups in total. The monoisotopic (exact) mass is 479 g/mol. The zero-order valence-electron chi connectivity index (χ0n) is 18.8. The number of hydrogen-bond acceptors (Lipinski definition) is 7. The molecule has 0 unspecified atom stereocenters. The van der Waals surface area contributed by atoms with E-state index in [0.717, 1.165) is 18.2 Å². The molecule has 0 aliphatic carbocycles. The highest BCUT2D eigenvalue weighted by Gasteiger charge is 2.23. The number of ether oxygens (including phenoxy) is 2. The van der Waals surface area contributed by atoms with Crippen molar-refractivity contribution in [3.63, 3.8) is 0 Å². The van der Waals surface area contributed by atoms with Gasteiger partial charge in [0.2, 0.25) is 11.5 Å². The maximum Gasteiger partial charge on any atom is 0.297 e. The molecular formula is C25H25N3O5S. The molecule has 1 atom stereocenters. The van der Waals surface area contributed by atoms with Gasteiger partial charge in [0, 0.05) is 12.0 Å². The number of carbonyl (C=O) groups excluding carboxylic acids is 1. The third-order valence-corrected chi connectivity index (χ3v) is 6.63. The Morgan fingerprint density at radius 1 is 1.24 bits per heavy atom. The minimum Gasteiger partial charge on any atom is -0.492 e. The summed E-state index contributed by atoms with van der Waals surface area (Å²) in [7, 11) is 0. The molecule has 5 rings (SSSR count). The van der Waals surface area contributed by atoms with Gasteiger partial charge in [-0.3, -0.25) is 14.2 Å². The lowest BCUT2D eigenvalue weighted by atomic mass is 10.2. The van der Waals surface area contributed by atoms with Crippen molar-refractivity contribution >= 4 is 45.4 Å². The molecule has 8 nitrogen and oxygen atoms in total. The van der Waals surface area contributed by atoms with Gasteiger partial charge >= 0.3 is 0 Å². The summed E-state index contributed by atoms with van der Waals surface area (Å²) < 4.78 is 18.8. The van der Waals surface area contributed by atoms with Gasteiger partial charge in [0.25, 0.3) is 5.56 Å². The number of rotatable bonds is 8. The van der Waals surface area contributed by atoms with Gasteiger partial charge in [-0.2, -0.15) is 0 Å². The Hall–Kier alpha value is -3.30. The lowest BCUT2D eigenvalue weighted by molar-refractivity contribution is -0.113. The number of thioether (sulfide) groups is 1. The zero-order chi connectivity index (χ0) is 23.5. The van der Waals surface area contributed by atoms with Gasteiger partial charge in [0.15, 0.2) is 5.16 Å². The van der Waals surface area contributed by atoms with Crippen LogP contribution in [-0.2, 0) is 16.1 Å². The second-order valence-corrected chi connectivity index (χ2v) is 8.93. The van der Waals surface area contributed by atoms with Crippen molar-refractivity contribution in [2.24, 2.45) is 0 Å². The van der Waals surface area contributed by atoms with Gasteiger partial charge in [0.05, 0.1) is 30.7 Å². The Balaban J connectivity index is 1.44. The number of carbonyl (C=O) groups is 1. The third kappa shape index (κ3) is 4.53. The van der Waals surface area contributed by atoms with Gasteiger partial charge in [-0.1, -0.05) is 36.0 Å². The van der Waals surface area contributed by atoms with E-state index in [1.165, 1.54) is 11.8 Å². The summed E-state index contributed by atoms with van der Waals surface area (Å²) in [4.78, 5) is 30.9. The van der Waals surface area contributed by atoms with Crippen molar-refractivity contribution in [1.29, 1.82) is 0 Å². The van der Waals surface area contributed by atoms with Gasteiger partial charge in [0.1, 0.15) is 16.8 Å². The Kier molecular flexibility index (Phi) is 6.55. The first-order valence-electron chi connectivity index (χ1n) is 11.3. The summed E-state index contributed by atoms with van der Waals surface area (Å²) >= 11 is 1.22. The van der Waals surface area contributed by atoms with Gasteiger partial charge in [-0.25, -0.2) is 4.98 Å². The highest BCUT2D eigenvalue weighted by atomic mass is 32.2. The van der Waals surface area contributed by atoms with Crippen LogP contribution in [-0.4, -0.2) is 40.5 Å². The highest BCUT2D eigenvalue weighted by Crippen LogP contribution is 2.29. The van der Waals surface area contributed by atoms with Crippen molar-refractivity contribution in [3.8, 4) is 5.75 Å². The van der Waals surface area contributed by atoms with E-state index in [0.29, 0.717) is 47.5 Å². The molecule has 176 valence electrons. The van der Waals surface area contributed by atoms with E-state index in [-0.39, 0.29) is 28.9 Å². The molecule has 4 aromatic rings. The molecule has 1 saturated heterocycles. The maximum absolute atomic E-state index is 13.4. The highest BCUT2D eigenvalue weighted by molar-refractivity contribution is 7.99. The number of fused-ring (bicyclic) bond motifs is 3. The van der Waals surface area contributed by atoms with E-state index in [4.69, 9.17) is 18.9 Å². The van der Waals surface area contributed by atoms with Gasteiger partial charge in [-0.15, -0.1) is 0 Å². The number of para-hydroxylation sites is 3. The standard InChI is InChI=1S/C25H25N3O5S/c1-2-31-20-12-6-4-10-18(20)26-21(29)15-34-25-27-22-17-9-3-5-11-19(17)33-23(22)24(30)28(25)14-16-8-7-13-32-16/h3-6,9-12,16H,2,7-8,13-15H2,1H3,(H,26,29)/t16-/m0/s1. The quantitative estimate of drug-likeness (QED) is 0.295. The predicted molar refractivity (Wildman–Crippen MR) is 132 cm³/mol. The number of furan rings is 1. The Morgan fingerprint density at radius 2 is 2.06 bits per heavy atom. The molecule has 2 aromatic carbocycles. The van der Waals surface area contributed by atoms with Crippen molar-refractivity contribution in [3.05, 3.63) is 58.9 Å². The van der Waals surface area contributed by atoms with E-state index in [2.05, 4.69) is 5.32 Å². The number of nitrogens with one attached hydrogen (secondary N) is 1. The summed E-state index contributed by atoms with van der Waals surface area (Å²) in [6.45, 7) is 3.45. The first-order valence-corrected chi connectivity index (χ1v) is 12.3. The van der Waals surface area contributed by atoms with Crippen molar-refractivity contribution in [2.45, 2.75) is 37.6 Å². The Morgan fingerprint density at radius 3 is 2.88 bits per heavy atom. The lowest BCUT2D eigenvalue weighted by Crippen LogP contribution is -2.29. The van der Waals surface area contributed by atoms with Crippen LogP contribution in [0.4, 0.5) is 5.69 Å². The molecular weight excluding hydrogens is 454 g/mol. The average molecular weight is 480 g/mol. The normalized spacial score (nSPS) is 15.7. The Labute approximate surface area is 200 Å². The van der Waals surface area contributed by atoms with Crippen LogP contribution in [0.5, 0.6) is 5.75 Å². The SMILES string of the molecule is CCOc1ccccc1NC(=O)CSc1nc2c(oc3ccccc32)c(=O)n1C[C@@H]1CCCO1. The maximum atomic E-state index is 13.4. The molecule has 3 heterocycles. The smallest absolute Gasteiger partial charge is 0.297 e. The molecule has 0 saturated carbocycles. The van der Waals surface area contributed by atoms with E-state index in [1.807, 2.05) is 49.4 Å². The van der Waals surface area contributed by atoms with Crippen LogP contribution in [0.25, 0.3) is 22.1 Å². The minimum absolute atomic E-state index is 0.0624. The van der Waals surface area contributed by atoms with E-state index < -0.39 is 0 Å². The fourth-order valence-corrected chi connectivity index (χ4v) is 4.89. The van der Waals surface area contributed by atoms with Crippen LogP contribution in [0, 0.1) is 0 Å². The number of benzene rings is 2. The van der Waals surface area contributed by atoms with Crippen LogP contribution >= 0.6 is 11.8 Å². The molecule has 1 aliphatic heterocycles. The molecule has 0 spiro atoms. The number of nitrogens with zero attached hydrogens (tertiary/aromatic N) is 2. The Bertz CT molecular complexity index is 1390. The predicted octanol–water partition coefficient (Wildman–Crippen LogP) is 4.45. The summed E-state index contributed by atoms with van der Waals surface area (Å²) in [5.74, 6) is 0.481. The average Bonchev–Trinajstić information content (AvgIpc) is 3.49. The molecule has 1 aliphatic rings. The fourth-order valence-electron chi connectivity index (χ4n) is 4.08. The molecule has 0 bridgehead atoms. The molecule has 1 amide bonds. The number of anilines is 1. The van der Waals surface area contributed by atoms with Crippen molar-refractivity contribution < 1.29 is 18.7 Å². The van der Waals surface area contributed by atoms with Crippen LogP contribution in [0.3, 0.4) is 0 Å². The van der Waals surface area contributed by atoms with Crippen LogP contribution in [0.15, 0.2) is 62.9 Å². The van der Waals surface area contributed by atoms with Gasteiger partial charge in [-0.05, 0) is 44.0 Å². The van der Waals surface area contributed by atoms with Crippen LogP contribution in [0.2, 0.25) is 0 Å². The fraction of sp³-hybridized carbons (Fsp3) is 0.320. The molecule has 2 aromatic heterocycles. The number of amides is 1. The molecule has 34 heavy (non-hydrogen) atoms. The van der Waals surface area contributed by atoms with E-state index in [9.17, 15) is 9.59 Å². The number of hydrogen-bond donors (Lipinski definition) is 1. The summed E-state index contributed by atoms with van der Waals surface area (Å²) in [6, 6.07) is 14.7. The third-order valence-electron chi connectivity index (χ3n) is 5.65. The van der Waals surface area contributed by atoms with E-state index in [1.54, 1.807) is 10.6 Å². The first kappa shape index (κ1) is 22.5. The zero-order valence-corrected chi connectivity index (χ0v) is 19.6. The first-order chi connectivity index (χ1) is 16.6. The number of aromatic nitrogens is 2. The summed E-state index contributed by atoms with van der Waals surface area (Å²) in [5.41, 5.74) is 1.68. The van der Waals surface area contributed by atoms with Gasteiger partial charge < -0.3 is 19.2 Å². The summed E-state index contributed by atoms with van der Waals surface area (Å²) in [5, 5.41) is 4.13. The second kappa shape index (κ2) is 9.90. The molecule has 0 radical (unpaired) electrons. The largest absolute Gasteiger partial charge is 0.492 e. The topological polar surface area (TPSA) is 95.6 Å². The summed E-state index contributed by atoms with van der Waals surface area (Å²) in [6.07, 6.45) is 1.78. The molecule has 1 fully saturated rings. The van der Waals surface area contributed by atoms with Crippen LogP contribution < -0.4 is 15.6 Å². The van der Waals surface area contributed by atoms with Crippen molar-refractivity contribution in [1.82, 2.24) is 9.55 Å². The second-order valence-electron chi connectivity index (χ2n) is 7.99. The molecule has 9 heteroatoms. The minimum atomic E-state index is -0.263.